The molecule has 5 aromatic rings. The van der Waals surface area contributed by atoms with Gasteiger partial charge in [-0.05, 0) is 57.2 Å². The van der Waals surface area contributed by atoms with Gasteiger partial charge in [0.2, 0.25) is 0 Å². The molecule has 1 atom stereocenters. The van der Waals surface area contributed by atoms with Crippen molar-refractivity contribution in [2.45, 2.75) is 45.3 Å². The van der Waals surface area contributed by atoms with Gasteiger partial charge in [0.25, 0.3) is 0 Å². The summed E-state index contributed by atoms with van der Waals surface area (Å²) in [5.74, 6) is -3.04. The van der Waals surface area contributed by atoms with Gasteiger partial charge in [0, 0.05) is 55.1 Å². The first-order chi connectivity index (χ1) is 19.0. The Labute approximate surface area is 230 Å². The van der Waals surface area contributed by atoms with Crippen LogP contribution in [0.3, 0.4) is 0 Å². The van der Waals surface area contributed by atoms with Crippen LogP contribution in [0, 0.1) is 30.3 Å². The summed E-state index contributed by atoms with van der Waals surface area (Å²) in [7, 11) is 1.90. The number of aryl methyl sites for hydroxylation is 2. The molecular formula is C31H31F3N4O2. The number of fused-ring (bicyclic) bond motifs is 3. The molecule has 9 heteroatoms. The molecule has 0 bridgehead atoms. The standard InChI is InChI=1S/C31H31F3N4O2/c1-17-29(37(4)16-36-17)19-11-26-28(35-15-19)22-6-5-20(31(2,3)39)12-25(22)38(26)30(18-7-9-40-10-8-18)27-23(33)13-21(32)14-24(27)34/h5-6,11-16,18,30,39H,7-10H2,1-4H3. The highest BCUT2D eigenvalue weighted by Crippen LogP contribution is 2.43. The molecule has 0 aliphatic carbocycles. The molecule has 3 aromatic heterocycles. The fourth-order valence-electron chi connectivity index (χ4n) is 6.12. The highest BCUT2D eigenvalue weighted by molar-refractivity contribution is 6.07. The molecule has 1 N–H and O–H groups in total. The molecule has 6 rings (SSSR count). The van der Waals surface area contributed by atoms with E-state index in [4.69, 9.17) is 9.72 Å². The normalized spacial score (nSPS) is 15.8. The molecule has 0 amide bonds. The predicted octanol–water partition coefficient (Wildman–Crippen LogP) is 6.56. The molecule has 4 heterocycles. The van der Waals surface area contributed by atoms with Gasteiger partial charge >= 0.3 is 0 Å². The average molecular weight is 549 g/mol. The Morgan fingerprint density at radius 3 is 2.33 bits per heavy atom. The second kappa shape index (κ2) is 9.74. The number of hydrogen-bond donors (Lipinski definition) is 1. The predicted molar refractivity (Wildman–Crippen MR) is 147 cm³/mol. The lowest BCUT2D eigenvalue weighted by Crippen LogP contribution is -2.28. The van der Waals surface area contributed by atoms with Crippen LogP contribution in [0.2, 0.25) is 0 Å². The first kappa shape index (κ1) is 26.5. The van der Waals surface area contributed by atoms with Crippen molar-refractivity contribution in [3.8, 4) is 11.3 Å². The minimum absolute atomic E-state index is 0.192. The largest absolute Gasteiger partial charge is 0.386 e. The zero-order valence-electron chi connectivity index (χ0n) is 22.9. The average Bonchev–Trinajstić information content (AvgIpc) is 3.41. The molecule has 6 nitrogen and oxygen atoms in total. The molecule has 1 saturated heterocycles. The smallest absolute Gasteiger partial charge is 0.134 e. The molecule has 1 aliphatic rings. The summed E-state index contributed by atoms with van der Waals surface area (Å²) in [6, 6.07) is 8.23. The van der Waals surface area contributed by atoms with Gasteiger partial charge in [-0.3, -0.25) is 4.98 Å². The van der Waals surface area contributed by atoms with E-state index in [1.165, 1.54) is 0 Å². The van der Waals surface area contributed by atoms with Crippen LogP contribution in [0.4, 0.5) is 13.2 Å². The molecule has 1 fully saturated rings. The lowest BCUT2D eigenvalue weighted by atomic mass is 9.86. The zero-order chi connectivity index (χ0) is 28.3. The minimum atomic E-state index is -1.15. The van der Waals surface area contributed by atoms with E-state index in [0.717, 1.165) is 34.5 Å². The number of imidazole rings is 1. The summed E-state index contributed by atoms with van der Waals surface area (Å²) in [6.07, 6.45) is 4.65. The number of aromatic nitrogens is 4. The Bertz CT molecular complexity index is 1700. The number of pyridine rings is 1. The Morgan fingerprint density at radius 1 is 1.00 bits per heavy atom. The number of aliphatic hydroxyl groups is 1. The SMILES string of the molecule is Cc1ncn(C)c1-c1cnc2c3ccc(C(C)(C)O)cc3n(C(c3c(F)cc(F)cc3F)C3CCOCC3)c2c1. The van der Waals surface area contributed by atoms with Crippen molar-refractivity contribution in [1.29, 1.82) is 0 Å². The second-order valence-electron chi connectivity index (χ2n) is 11.2. The zero-order valence-corrected chi connectivity index (χ0v) is 22.9. The van der Waals surface area contributed by atoms with Crippen LogP contribution in [0.5, 0.6) is 0 Å². The van der Waals surface area contributed by atoms with E-state index in [1.54, 1.807) is 26.4 Å². The molecule has 0 spiro atoms. The van der Waals surface area contributed by atoms with Crippen LogP contribution in [0.15, 0.2) is 48.9 Å². The second-order valence-corrected chi connectivity index (χ2v) is 11.2. The first-order valence-corrected chi connectivity index (χ1v) is 13.4. The van der Waals surface area contributed by atoms with E-state index in [0.29, 0.717) is 48.2 Å². The van der Waals surface area contributed by atoms with Gasteiger partial charge in [0.1, 0.15) is 17.5 Å². The maximum absolute atomic E-state index is 15.6. The lowest BCUT2D eigenvalue weighted by molar-refractivity contribution is 0.0543. The Morgan fingerprint density at radius 2 is 1.70 bits per heavy atom. The van der Waals surface area contributed by atoms with Gasteiger partial charge in [-0.15, -0.1) is 0 Å². The molecule has 2 aromatic carbocycles. The van der Waals surface area contributed by atoms with Gasteiger partial charge in [0.05, 0.1) is 45.9 Å². The summed E-state index contributed by atoms with van der Waals surface area (Å²) in [5, 5.41) is 11.6. The maximum atomic E-state index is 15.6. The Balaban J connectivity index is 1.73. The molecule has 0 radical (unpaired) electrons. The third kappa shape index (κ3) is 4.37. The fourth-order valence-corrected chi connectivity index (χ4v) is 6.12. The van der Waals surface area contributed by atoms with Crippen molar-refractivity contribution >= 4 is 21.9 Å². The van der Waals surface area contributed by atoms with E-state index < -0.39 is 29.1 Å². The lowest BCUT2D eigenvalue weighted by Gasteiger charge is -2.33. The summed E-state index contributed by atoms with van der Waals surface area (Å²) in [4.78, 5) is 9.26. The summed E-state index contributed by atoms with van der Waals surface area (Å²) in [5.41, 5.74) is 3.85. The van der Waals surface area contributed by atoms with Crippen molar-refractivity contribution in [3.05, 3.63) is 83.2 Å². The van der Waals surface area contributed by atoms with E-state index in [9.17, 15) is 9.50 Å². The van der Waals surface area contributed by atoms with E-state index in [-0.39, 0.29) is 11.5 Å². The van der Waals surface area contributed by atoms with Gasteiger partial charge in [-0.1, -0.05) is 12.1 Å². The highest BCUT2D eigenvalue weighted by Gasteiger charge is 2.35. The van der Waals surface area contributed by atoms with Crippen LogP contribution in [-0.2, 0) is 17.4 Å². The van der Waals surface area contributed by atoms with E-state index in [1.807, 2.05) is 47.4 Å². The molecule has 1 unspecified atom stereocenters. The first-order valence-electron chi connectivity index (χ1n) is 13.4. The van der Waals surface area contributed by atoms with Crippen molar-refractivity contribution < 1.29 is 23.0 Å². The fraction of sp³-hybridized carbons (Fsp3) is 0.355. The van der Waals surface area contributed by atoms with Crippen molar-refractivity contribution in [2.24, 2.45) is 13.0 Å². The minimum Gasteiger partial charge on any atom is -0.386 e. The molecule has 1 aliphatic heterocycles. The summed E-state index contributed by atoms with van der Waals surface area (Å²) >= 11 is 0. The highest BCUT2D eigenvalue weighted by atomic mass is 19.1. The van der Waals surface area contributed by atoms with Crippen LogP contribution >= 0.6 is 0 Å². The van der Waals surface area contributed by atoms with E-state index >= 15 is 8.78 Å². The Kier molecular flexibility index (Phi) is 6.46. The molecular weight excluding hydrogens is 517 g/mol. The number of nitrogens with zero attached hydrogens (tertiary/aromatic N) is 4. The van der Waals surface area contributed by atoms with Crippen molar-refractivity contribution in [3.63, 3.8) is 0 Å². The number of hydrogen-bond acceptors (Lipinski definition) is 4. The van der Waals surface area contributed by atoms with Gasteiger partial charge in [-0.2, -0.15) is 0 Å². The summed E-state index contributed by atoms with van der Waals surface area (Å²) in [6.45, 7) is 6.21. The maximum Gasteiger partial charge on any atom is 0.134 e. The van der Waals surface area contributed by atoms with Gasteiger partial charge < -0.3 is 19.0 Å². The monoisotopic (exact) mass is 548 g/mol. The molecule has 0 saturated carbocycles. The number of benzene rings is 2. The van der Waals surface area contributed by atoms with Crippen molar-refractivity contribution in [2.75, 3.05) is 13.2 Å². The molecule has 208 valence electrons. The third-order valence-corrected chi connectivity index (χ3v) is 8.07. The number of rotatable bonds is 5. The number of ether oxygens (including phenoxy) is 1. The third-order valence-electron chi connectivity index (χ3n) is 8.07. The van der Waals surface area contributed by atoms with Crippen LogP contribution < -0.4 is 0 Å². The van der Waals surface area contributed by atoms with E-state index in [2.05, 4.69) is 4.98 Å². The Hall–Kier alpha value is -3.69. The van der Waals surface area contributed by atoms with Crippen LogP contribution in [0.25, 0.3) is 33.2 Å². The van der Waals surface area contributed by atoms with Crippen molar-refractivity contribution in [1.82, 2.24) is 19.1 Å². The van der Waals surface area contributed by atoms with Crippen LogP contribution in [0.1, 0.15) is 49.6 Å². The summed E-state index contributed by atoms with van der Waals surface area (Å²) < 4.78 is 54.7. The van der Waals surface area contributed by atoms with Crippen LogP contribution in [-0.4, -0.2) is 37.4 Å². The molecule has 40 heavy (non-hydrogen) atoms. The topological polar surface area (TPSA) is 65.1 Å². The number of halogens is 3. The quantitative estimate of drug-likeness (QED) is 0.270. The van der Waals surface area contributed by atoms with Gasteiger partial charge in [0.15, 0.2) is 0 Å². The van der Waals surface area contributed by atoms with Gasteiger partial charge in [-0.25, -0.2) is 18.2 Å².